The summed E-state index contributed by atoms with van der Waals surface area (Å²) >= 11 is 0. The molecule has 0 aliphatic heterocycles. The standard InChI is InChI=1S/C13H20O/c1-3-5-6-11(4-2)12-7-9-13(14)10-8-12/h7-12H,3-6H2,1-2H3. The van der Waals surface area contributed by atoms with Gasteiger partial charge in [0.2, 0.25) is 0 Å². The fourth-order valence-electron chi connectivity index (χ4n) is 1.98. The highest BCUT2D eigenvalue weighted by molar-refractivity contribution is 6.00. The Hall–Kier alpha value is -0.850. The number of carbonyl (C=O) groups is 1. The second-order valence-corrected chi connectivity index (χ2v) is 4.01. The lowest BCUT2D eigenvalue weighted by molar-refractivity contribution is -0.110. The molecule has 1 aliphatic carbocycles. The average molecular weight is 192 g/mol. The van der Waals surface area contributed by atoms with E-state index in [1.165, 1.54) is 25.7 Å². The van der Waals surface area contributed by atoms with Gasteiger partial charge in [0, 0.05) is 0 Å². The highest BCUT2D eigenvalue weighted by atomic mass is 16.1. The summed E-state index contributed by atoms with van der Waals surface area (Å²) in [4.78, 5) is 11.0. The lowest BCUT2D eigenvalue weighted by atomic mass is 9.83. The second kappa shape index (κ2) is 5.79. The van der Waals surface area contributed by atoms with Crippen LogP contribution in [0.5, 0.6) is 0 Å². The summed E-state index contributed by atoms with van der Waals surface area (Å²) in [5.41, 5.74) is 0. The Morgan fingerprint density at radius 3 is 2.43 bits per heavy atom. The van der Waals surface area contributed by atoms with Gasteiger partial charge in [-0.3, -0.25) is 4.79 Å². The quantitative estimate of drug-likeness (QED) is 0.651. The molecule has 1 aliphatic rings. The van der Waals surface area contributed by atoms with Crippen LogP contribution in [0.1, 0.15) is 39.5 Å². The summed E-state index contributed by atoms with van der Waals surface area (Å²) < 4.78 is 0. The van der Waals surface area contributed by atoms with Crippen LogP contribution >= 0.6 is 0 Å². The summed E-state index contributed by atoms with van der Waals surface area (Å²) in [6.45, 7) is 4.46. The van der Waals surface area contributed by atoms with Crippen LogP contribution in [-0.4, -0.2) is 5.78 Å². The van der Waals surface area contributed by atoms with Gasteiger partial charge >= 0.3 is 0 Å². The minimum Gasteiger partial charge on any atom is -0.290 e. The van der Waals surface area contributed by atoms with Crippen LogP contribution in [0.3, 0.4) is 0 Å². The molecule has 0 aromatic rings. The monoisotopic (exact) mass is 192 g/mol. The zero-order valence-corrected chi connectivity index (χ0v) is 9.20. The summed E-state index contributed by atoms with van der Waals surface area (Å²) in [5, 5.41) is 0. The van der Waals surface area contributed by atoms with E-state index >= 15 is 0 Å². The molecule has 0 heterocycles. The van der Waals surface area contributed by atoms with E-state index in [1.807, 2.05) is 0 Å². The molecule has 0 saturated carbocycles. The first-order valence-corrected chi connectivity index (χ1v) is 5.68. The average Bonchev–Trinajstić information content (AvgIpc) is 2.21. The Kier molecular flexibility index (Phi) is 4.64. The summed E-state index contributed by atoms with van der Waals surface area (Å²) in [6, 6.07) is 0. The van der Waals surface area contributed by atoms with Crippen LogP contribution < -0.4 is 0 Å². The molecule has 1 unspecified atom stereocenters. The van der Waals surface area contributed by atoms with Crippen molar-refractivity contribution in [1.82, 2.24) is 0 Å². The normalized spacial score (nSPS) is 18.9. The summed E-state index contributed by atoms with van der Waals surface area (Å²) in [5.74, 6) is 1.34. The smallest absolute Gasteiger partial charge is 0.178 e. The first-order valence-electron chi connectivity index (χ1n) is 5.68. The van der Waals surface area contributed by atoms with Gasteiger partial charge in [-0.25, -0.2) is 0 Å². The van der Waals surface area contributed by atoms with Gasteiger partial charge in [-0.2, -0.15) is 0 Å². The van der Waals surface area contributed by atoms with Crippen LogP contribution in [0.4, 0.5) is 0 Å². The number of hydrogen-bond donors (Lipinski definition) is 0. The number of rotatable bonds is 5. The van der Waals surface area contributed by atoms with Crippen molar-refractivity contribution in [3.05, 3.63) is 24.3 Å². The van der Waals surface area contributed by atoms with Crippen LogP contribution in [-0.2, 0) is 4.79 Å². The number of hydrogen-bond acceptors (Lipinski definition) is 1. The molecule has 0 fully saturated rings. The Bertz CT molecular complexity index is 222. The molecule has 0 bridgehead atoms. The van der Waals surface area contributed by atoms with E-state index in [-0.39, 0.29) is 5.78 Å². The minimum absolute atomic E-state index is 0.131. The molecule has 1 rings (SSSR count). The molecular formula is C13H20O. The second-order valence-electron chi connectivity index (χ2n) is 4.01. The fraction of sp³-hybridized carbons (Fsp3) is 0.615. The predicted octanol–water partition coefficient (Wildman–Crippen LogP) is 3.51. The minimum atomic E-state index is 0.131. The predicted molar refractivity (Wildman–Crippen MR) is 60.1 cm³/mol. The molecule has 0 aromatic carbocycles. The molecule has 0 radical (unpaired) electrons. The van der Waals surface area contributed by atoms with Crippen molar-refractivity contribution in [2.75, 3.05) is 0 Å². The molecule has 0 amide bonds. The third-order valence-corrected chi connectivity index (χ3v) is 2.96. The molecule has 0 spiro atoms. The van der Waals surface area contributed by atoms with E-state index in [2.05, 4.69) is 26.0 Å². The van der Waals surface area contributed by atoms with E-state index in [0.717, 1.165) is 5.92 Å². The van der Waals surface area contributed by atoms with E-state index < -0.39 is 0 Å². The van der Waals surface area contributed by atoms with Gasteiger partial charge < -0.3 is 0 Å². The molecule has 1 atom stereocenters. The van der Waals surface area contributed by atoms with Crippen LogP contribution in [0, 0.1) is 11.8 Å². The molecule has 1 nitrogen and oxygen atoms in total. The molecule has 0 saturated heterocycles. The lowest BCUT2D eigenvalue weighted by Gasteiger charge is -2.21. The van der Waals surface area contributed by atoms with E-state index in [0.29, 0.717) is 5.92 Å². The topological polar surface area (TPSA) is 17.1 Å². The molecule has 1 heteroatoms. The van der Waals surface area contributed by atoms with Gasteiger partial charge in [0.15, 0.2) is 5.78 Å². The van der Waals surface area contributed by atoms with E-state index in [4.69, 9.17) is 0 Å². The Balaban J connectivity index is 2.49. The van der Waals surface area contributed by atoms with Crippen molar-refractivity contribution < 1.29 is 4.79 Å². The SMILES string of the molecule is CCCCC(CC)C1C=CC(=O)C=C1. The molecule has 78 valence electrons. The van der Waals surface area contributed by atoms with E-state index in [9.17, 15) is 4.79 Å². The van der Waals surface area contributed by atoms with Crippen molar-refractivity contribution in [3.63, 3.8) is 0 Å². The van der Waals surface area contributed by atoms with Gasteiger partial charge in [-0.15, -0.1) is 0 Å². The molecule has 0 aromatic heterocycles. The number of unbranched alkanes of at least 4 members (excludes halogenated alkanes) is 1. The zero-order chi connectivity index (χ0) is 10.4. The third-order valence-electron chi connectivity index (χ3n) is 2.96. The van der Waals surface area contributed by atoms with Crippen molar-refractivity contribution in [3.8, 4) is 0 Å². The maximum Gasteiger partial charge on any atom is 0.178 e. The van der Waals surface area contributed by atoms with Crippen molar-refractivity contribution >= 4 is 5.78 Å². The maximum atomic E-state index is 11.0. The van der Waals surface area contributed by atoms with Gasteiger partial charge in [0.25, 0.3) is 0 Å². The first kappa shape index (κ1) is 11.2. The van der Waals surface area contributed by atoms with Crippen molar-refractivity contribution in [2.45, 2.75) is 39.5 Å². The van der Waals surface area contributed by atoms with Gasteiger partial charge in [0.05, 0.1) is 0 Å². The number of allylic oxidation sites excluding steroid dienone is 4. The van der Waals surface area contributed by atoms with Gasteiger partial charge in [0.1, 0.15) is 0 Å². The maximum absolute atomic E-state index is 11.0. The largest absolute Gasteiger partial charge is 0.290 e. The van der Waals surface area contributed by atoms with Crippen LogP contribution in [0.25, 0.3) is 0 Å². The van der Waals surface area contributed by atoms with Gasteiger partial charge in [-0.05, 0) is 30.4 Å². The lowest BCUT2D eigenvalue weighted by Crippen LogP contribution is -2.13. The zero-order valence-electron chi connectivity index (χ0n) is 9.20. The number of carbonyl (C=O) groups excluding carboxylic acids is 1. The van der Waals surface area contributed by atoms with Gasteiger partial charge in [-0.1, -0.05) is 45.3 Å². The highest BCUT2D eigenvalue weighted by Crippen LogP contribution is 2.26. The molecule has 0 N–H and O–H groups in total. The Morgan fingerprint density at radius 2 is 1.93 bits per heavy atom. The fourth-order valence-corrected chi connectivity index (χ4v) is 1.98. The van der Waals surface area contributed by atoms with Crippen LogP contribution in [0.15, 0.2) is 24.3 Å². The molecular weight excluding hydrogens is 172 g/mol. The first-order chi connectivity index (χ1) is 6.77. The molecule has 14 heavy (non-hydrogen) atoms. The van der Waals surface area contributed by atoms with Crippen molar-refractivity contribution in [2.24, 2.45) is 11.8 Å². The Morgan fingerprint density at radius 1 is 1.29 bits per heavy atom. The Labute approximate surface area is 86.9 Å². The highest BCUT2D eigenvalue weighted by Gasteiger charge is 2.16. The summed E-state index contributed by atoms with van der Waals surface area (Å²) in [6.07, 6.45) is 12.6. The van der Waals surface area contributed by atoms with Crippen molar-refractivity contribution in [1.29, 1.82) is 0 Å². The third kappa shape index (κ3) is 3.13. The van der Waals surface area contributed by atoms with E-state index in [1.54, 1.807) is 12.2 Å². The van der Waals surface area contributed by atoms with Crippen LogP contribution in [0.2, 0.25) is 0 Å². The summed E-state index contributed by atoms with van der Waals surface area (Å²) in [7, 11) is 0. The number of ketones is 1.